The Morgan fingerprint density at radius 3 is 2.71 bits per heavy atom. The van der Waals surface area contributed by atoms with Gasteiger partial charge in [0, 0.05) is 45.7 Å². The van der Waals surface area contributed by atoms with Gasteiger partial charge in [-0.25, -0.2) is 4.79 Å². The molecule has 152 valence electrons. The van der Waals surface area contributed by atoms with Crippen molar-refractivity contribution in [3.8, 4) is 0 Å². The lowest BCUT2D eigenvalue weighted by Gasteiger charge is -2.42. The molecule has 8 heteroatoms. The standard InChI is InChI=1S/C20H28N4O4/c1-13(2)23-10-9-22(12-16(23)19(26)21-4)18(25)7-8-24-15-11-14(3)5-6-17(15)28-20(24)27/h5-6,11,13,16H,7-10,12H2,1-4H3,(H,21,26). The molecule has 1 aromatic carbocycles. The van der Waals surface area contributed by atoms with Gasteiger partial charge in [0.25, 0.3) is 0 Å². The van der Waals surface area contributed by atoms with Gasteiger partial charge >= 0.3 is 5.76 Å². The maximum Gasteiger partial charge on any atom is 0.419 e. The first kappa shape index (κ1) is 20.1. The minimum Gasteiger partial charge on any atom is -0.408 e. The molecule has 3 rings (SSSR count). The van der Waals surface area contributed by atoms with Gasteiger partial charge < -0.3 is 14.6 Å². The van der Waals surface area contributed by atoms with Gasteiger partial charge in [-0.05, 0) is 38.5 Å². The van der Waals surface area contributed by atoms with Crippen LogP contribution in [-0.2, 0) is 16.1 Å². The Bertz CT molecular complexity index is 930. The van der Waals surface area contributed by atoms with Crippen molar-refractivity contribution in [1.82, 2.24) is 19.7 Å². The first-order chi connectivity index (χ1) is 13.3. The second kappa shape index (κ2) is 8.18. The highest BCUT2D eigenvalue weighted by Crippen LogP contribution is 2.17. The predicted octanol–water partition coefficient (Wildman–Crippen LogP) is 0.960. The van der Waals surface area contributed by atoms with Crippen LogP contribution in [0.4, 0.5) is 0 Å². The van der Waals surface area contributed by atoms with Crippen LogP contribution in [0.3, 0.4) is 0 Å². The van der Waals surface area contributed by atoms with Crippen molar-refractivity contribution in [3.63, 3.8) is 0 Å². The SMILES string of the molecule is CNC(=O)C1CN(C(=O)CCn2c(=O)oc3ccc(C)cc32)CCN1C(C)C. The molecule has 2 heterocycles. The summed E-state index contributed by atoms with van der Waals surface area (Å²) in [6, 6.07) is 5.40. The molecule has 0 spiro atoms. The lowest BCUT2D eigenvalue weighted by Crippen LogP contribution is -2.61. The monoisotopic (exact) mass is 388 g/mol. The molecule has 1 aromatic heterocycles. The van der Waals surface area contributed by atoms with Gasteiger partial charge in [0.15, 0.2) is 5.58 Å². The number of amides is 2. The first-order valence-electron chi connectivity index (χ1n) is 9.67. The third-order valence-corrected chi connectivity index (χ3v) is 5.36. The Kier molecular flexibility index (Phi) is 5.88. The van der Waals surface area contributed by atoms with Crippen LogP contribution in [0.1, 0.15) is 25.8 Å². The van der Waals surface area contributed by atoms with E-state index in [0.717, 1.165) is 5.56 Å². The van der Waals surface area contributed by atoms with Crippen molar-refractivity contribution in [3.05, 3.63) is 34.3 Å². The van der Waals surface area contributed by atoms with E-state index in [1.54, 1.807) is 18.0 Å². The number of hydrogen-bond acceptors (Lipinski definition) is 5. The highest BCUT2D eigenvalue weighted by atomic mass is 16.4. The van der Waals surface area contributed by atoms with Gasteiger partial charge in [0.1, 0.15) is 6.04 Å². The smallest absolute Gasteiger partial charge is 0.408 e. The molecule has 2 aromatic rings. The van der Waals surface area contributed by atoms with Crippen LogP contribution in [0.2, 0.25) is 0 Å². The van der Waals surface area contributed by atoms with Gasteiger partial charge in [-0.1, -0.05) is 6.07 Å². The number of benzene rings is 1. The van der Waals surface area contributed by atoms with Crippen molar-refractivity contribution in [2.75, 3.05) is 26.7 Å². The molecule has 1 saturated heterocycles. The maximum absolute atomic E-state index is 12.8. The molecular weight excluding hydrogens is 360 g/mol. The summed E-state index contributed by atoms with van der Waals surface area (Å²) in [5, 5.41) is 2.69. The molecule has 1 aliphatic rings. The zero-order valence-electron chi connectivity index (χ0n) is 16.9. The van der Waals surface area contributed by atoms with E-state index in [1.165, 1.54) is 4.57 Å². The van der Waals surface area contributed by atoms with E-state index in [-0.39, 0.29) is 36.9 Å². The van der Waals surface area contributed by atoms with Gasteiger partial charge in [-0.15, -0.1) is 0 Å². The number of aromatic nitrogens is 1. The number of piperazine rings is 1. The van der Waals surface area contributed by atoms with Crippen molar-refractivity contribution in [2.24, 2.45) is 0 Å². The minimum atomic E-state index is -0.457. The molecule has 28 heavy (non-hydrogen) atoms. The number of nitrogens with one attached hydrogen (secondary N) is 1. The lowest BCUT2D eigenvalue weighted by atomic mass is 10.1. The average molecular weight is 388 g/mol. The van der Waals surface area contributed by atoms with E-state index in [2.05, 4.69) is 10.2 Å². The second-order valence-corrected chi connectivity index (χ2v) is 7.54. The zero-order chi connectivity index (χ0) is 20.4. The van der Waals surface area contributed by atoms with Crippen LogP contribution >= 0.6 is 0 Å². The molecule has 0 saturated carbocycles. The van der Waals surface area contributed by atoms with Crippen LogP contribution in [0.25, 0.3) is 11.1 Å². The van der Waals surface area contributed by atoms with E-state index in [0.29, 0.717) is 30.7 Å². The molecule has 0 aliphatic carbocycles. The molecule has 1 atom stereocenters. The minimum absolute atomic E-state index is 0.0637. The van der Waals surface area contributed by atoms with E-state index in [9.17, 15) is 14.4 Å². The number of carbonyl (C=O) groups is 2. The lowest BCUT2D eigenvalue weighted by molar-refractivity contribution is -0.139. The van der Waals surface area contributed by atoms with Gasteiger partial charge in [-0.2, -0.15) is 0 Å². The van der Waals surface area contributed by atoms with Gasteiger partial charge in [-0.3, -0.25) is 19.1 Å². The Morgan fingerprint density at radius 1 is 1.29 bits per heavy atom. The highest BCUT2D eigenvalue weighted by molar-refractivity contribution is 5.83. The summed E-state index contributed by atoms with van der Waals surface area (Å²) in [4.78, 5) is 41.0. The Labute approximate surface area is 164 Å². The number of nitrogens with zero attached hydrogens (tertiary/aromatic N) is 3. The fraction of sp³-hybridized carbons (Fsp3) is 0.550. The number of oxazole rings is 1. The molecule has 2 amide bonds. The molecule has 1 unspecified atom stereocenters. The number of hydrogen-bond donors (Lipinski definition) is 1. The molecule has 1 N–H and O–H groups in total. The van der Waals surface area contributed by atoms with Crippen LogP contribution in [0.15, 0.2) is 27.4 Å². The number of rotatable bonds is 5. The number of aryl methyl sites for hydroxylation is 2. The van der Waals surface area contributed by atoms with Crippen LogP contribution in [0.5, 0.6) is 0 Å². The Balaban J connectivity index is 1.70. The Morgan fingerprint density at radius 2 is 2.04 bits per heavy atom. The quantitative estimate of drug-likeness (QED) is 0.824. The van der Waals surface area contributed by atoms with Gasteiger partial charge in [0.2, 0.25) is 11.8 Å². The summed E-state index contributed by atoms with van der Waals surface area (Å²) in [5.41, 5.74) is 2.24. The van der Waals surface area contributed by atoms with Crippen molar-refractivity contribution in [2.45, 2.75) is 45.8 Å². The summed E-state index contributed by atoms with van der Waals surface area (Å²) in [6.07, 6.45) is 0.185. The second-order valence-electron chi connectivity index (χ2n) is 7.54. The van der Waals surface area contributed by atoms with Crippen molar-refractivity contribution < 1.29 is 14.0 Å². The maximum atomic E-state index is 12.8. The van der Waals surface area contributed by atoms with E-state index in [4.69, 9.17) is 4.42 Å². The summed E-state index contributed by atoms with van der Waals surface area (Å²) in [7, 11) is 1.61. The molecule has 8 nitrogen and oxygen atoms in total. The predicted molar refractivity (Wildman–Crippen MR) is 106 cm³/mol. The van der Waals surface area contributed by atoms with E-state index in [1.807, 2.05) is 32.9 Å². The third kappa shape index (κ3) is 3.96. The molecule has 0 radical (unpaired) electrons. The Hall–Kier alpha value is -2.61. The van der Waals surface area contributed by atoms with Crippen LogP contribution in [-0.4, -0.2) is 64.9 Å². The van der Waals surface area contributed by atoms with Crippen LogP contribution < -0.4 is 11.1 Å². The average Bonchev–Trinajstić information content (AvgIpc) is 2.99. The summed E-state index contributed by atoms with van der Waals surface area (Å²) in [5.74, 6) is -0.605. The summed E-state index contributed by atoms with van der Waals surface area (Å²) in [6.45, 7) is 7.87. The first-order valence-corrected chi connectivity index (χ1v) is 9.67. The highest BCUT2D eigenvalue weighted by Gasteiger charge is 2.34. The molecule has 1 aliphatic heterocycles. The normalized spacial score (nSPS) is 18.0. The van der Waals surface area contributed by atoms with Gasteiger partial charge in [0.05, 0.1) is 5.52 Å². The third-order valence-electron chi connectivity index (χ3n) is 5.36. The largest absolute Gasteiger partial charge is 0.419 e. The number of fused-ring (bicyclic) bond motifs is 1. The fourth-order valence-corrected chi connectivity index (χ4v) is 3.79. The fourth-order valence-electron chi connectivity index (χ4n) is 3.79. The summed E-state index contributed by atoms with van der Waals surface area (Å²) >= 11 is 0. The molecular formula is C20H28N4O4. The van der Waals surface area contributed by atoms with E-state index >= 15 is 0 Å². The zero-order valence-corrected chi connectivity index (χ0v) is 16.9. The molecule has 1 fully saturated rings. The number of carbonyl (C=O) groups excluding carboxylic acids is 2. The van der Waals surface area contributed by atoms with Crippen molar-refractivity contribution in [1.29, 1.82) is 0 Å². The van der Waals surface area contributed by atoms with E-state index < -0.39 is 5.76 Å². The van der Waals surface area contributed by atoms with Crippen molar-refractivity contribution >= 4 is 22.9 Å². The number of likely N-dealkylation sites (N-methyl/N-ethyl adjacent to an activating group) is 1. The van der Waals surface area contributed by atoms with Crippen LogP contribution in [0, 0.1) is 6.92 Å². The summed E-state index contributed by atoms with van der Waals surface area (Å²) < 4.78 is 6.76. The molecule has 0 bridgehead atoms. The topological polar surface area (TPSA) is 87.8 Å².